The van der Waals surface area contributed by atoms with E-state index in [0.717, 1.165) is 19.3 Å². The number of nitrogens with zero attached hydrogens (tertiary/aromatic N) is 2. The van der Waals surface area contributed by atoms with E-state index in [2.05, 4.69) is 5.32 Å². The molecule has 0 spiro atoms. The fourth-order valence-corrected chi connectivity index (χ4v) is 4.94. The minimum absolute atomic E-state index is 0.0457. The monoisotopic (exact) mass is 403 g/mol. The van der Waals surface area contributed by atoms with Crippen LogP contribution in [0.3, 0.4) is 0 Å². The van der Waals surface area contributed by atoms with Crippen LogP contribution in [0.2, 0.25) is 0 Å². The fourth-order valence-electron chi connectivity index (χ4n) is 3.24. The summed E-state index contributed by atoms with van der Waals surface area (Å²) in [7, 11) is -3.60. The zero-order valence-electron chi connectivity index (χ0n) is 15.4. The van der Waals surface area contributed by atoms with Gasteiger partial charge in [-0.1, -0.05) is 12.5 Å². The van der Waals surface area contributed by atoms with Crippen LogP contribution in [0.5, 0.6) is 0 Å². The van der Waals surface area contributed by atoms with Crippen LogP contribution < -0.4 is 5.32 Å². The van der Waals surface area contributed by atoms with Crippen molar-refractivity contribution in [3.8, 4) is 0 Å². The van der Waals surface area contributed by atoms with Gasteiger partial charge >= 0.3 is 0 Å². The van der Waals surface area contributed by atoms with E-state index in [1.807, 2.05) is 6.92 Å². The summed E-state index contributed by atoms with van der Waals surface area (Å²) in [5.74, 6) is -0.476. The van der Waals surface area contributed by atoms with Gasteiger partial charge in [0.2, 0.25) is 10.0 Å². The lowest BCUT2D eigenvalue weighted by atomic mass is 10.1. The molecule has 2 aromatic rings. The molecule has 0 unspecified atom stereocenters. The van der Waals surface area contributed by atoms with Crippen LogP contribution >= 0.6 is 0 Å². The molecule has 3 rings (SSSR count). The van der Waals surface area contributed by atoms with Gasteiger partial charge in [0.1, 0.15) is 0 Å². The summed E-state index contributed by atoms with van der Waals surface area (Å²) < 4.78 is 27.2. The Morgan fingerprint density at radius 3 is 2.54 bits per heavy atom. The second-order valence-electron chi connectivity index (χ2n) is 6.75. The summed E-state index contributed by atoms with van der Waals surface area (Å²) in [4.78, 5) is 22.8. The summed E-state index contributed by atoms with van der Waals surface area (Å²) in [5.41, 5.74) is 0.421. The number of hydrogen-bond donors (Lipinski definition) is 1. The van der Waals surface area contributed by atoms with Crippen LogP contribution in [-0.4, -0.2) is 36.1 Å². The van der Waals surface area contributed by atoms with Crippen molar-refractivity contribution in [3.63, 3.8) is 0 Å². The number of nitrogens with one attached hydrogen (secondary N) is 1. The SMILES string of the molecule is C[C@H]1CCCCN1S(=O)(=O)c1ccc(C(=O)Nc2cccc([N+](=O)[O-])c2)cc1. The Bertz CT molecular complexity index is 989. The van der Waals surface area contributed by atoms with Crippen molar-refractivity contribution in [2.75, 3.05) is 11.9 Å². The van der Waals surface area contributed by atoms with E-state index in [1.54, 1.807) is 6.07 Å². The second kappa shape index (κ2) is 8.07. The molecule has 0 aliphatic carbocycles. The largest absolute Gasteiger partial charge is 0.322 e. The van der Waals surface area contributed by atoms with E-state index in [9.17, 15) is 23.3 Å². The molecule has 0 saturated carbocycles. The third-order valence-corrected chi connectivity index (χ3v) is 6.81. The first kappa shape index (κ1) is 20.0. The van der Waals surface area contributed by atoms with Crippen molar-refractivity contribution < 1.29 is 18.1 Å². The van der Waals surface area contributed by atoms with Crippen molar-refractivity contribution in [2.24, 2.45) is 0 Å². The van der Waals surface area contributed by atoms with Crippen LogP contribution in [0.25, 0.3) is 0 Å². The maximum absolute atomic E-state index is 12.8. The summed E-state index contributed by atoms with van der Waals surface area (Å²) in [5, 5.41) is 13.4. The minimum atomic E-state index is -3.60. The number of anilines is 1. The maximum atomic E-state index is 12.8. The Labute approximate surface area is 163 Å². The Hall–Kier alpha value is -2.78. The zero-order valence-corrected chi connectivity index (χ0v) is 16.2. The maximum Gasteiger partial charge on any atom is 0.271 e. The number of sulfonamides is 1. The van der Waals surface area contributed by atoms with Crippen LogP contribution in [0.15, 0.2) is 53.4 Å². The molecule has 2 aromatic carbocycles. The number of hydrogen-bond acceptors (Lipinski definition) is 5. The molecule has 1 amide bonds. The summed E-state index contributed by atoms with van der Waals surface area (Å²) >= 11 is 0. The molecule has 1 aliphatic rings. The standard InChI is InChI=1S/C19H21N3O5S/c1-14-5-2-3-12-21(14)28(26,27)18-10-8-15(9-11-18)19(23)20-16-6-4-7-17(13-16)22(24)25/h4,6-11,13-14H,2-3,5,12H2,1H3,(H,20,23)/t14-/m0/s1. The number of piperidine rings is 1. The molecule has 28 heavy (non-hydrogen) atoms. The Morgan fingerprint density at radius 1 is 1.18 bits per heavy atom. The quantitative estimate of drug-likeness (QED) is 0.608. The molecule has 1 N–H and O–H groups in total. The summed E-state index contributed by atoms with van der Waals surface area (Å²) in [6.45, 7) is 2.40. The lowest BCUT2D eigenvalue weighted by Gasteiger charge is -2.32. The van der Waals surface area contributed by atoms with Gasteiger partial charge in [-0.2, -0.15) is 4.31 Å². The number of carbonyl (C=O) groups excluding carboxylic acids is 1. The van der Waals surface area contributed by atoms with Gasteiger partial charge in [0.15, 0.2) is 0 Å². The van der Waals surface area contributed by atoms with Crippen molar-refractivity contribution in [1.82, 2.24) is 4.31 Å². The molecule has 0 aromatic heterocycles. The summed E-state index contributed by atoms with van der Waals surface area (Å²) in [6, 6.07) is 11.3. The highest BCUT2D eigenvalue weighted by molar-refractivity contribution is 7.89. The van der Waals surface area contributed by atoms with Gasteiger partial charge in [0.25, 0.3) is 11.6 Å². The van der Waals surface area contributed by atoms with Gasteiger partial charge in [-0.3, -0.25) is 14.9 Å². The van der Waals surface area contributed by atoms with Crippen molar-refractivity contribution in [3.05, 3.63) is 64.2 Å². The fraction of sp³-hybridized carbons (Fsp3) is 0.316. The normalized spacial score (nSPS) is 17.8. The lowest BCUT2D eigenvalue weighted by Crippen LogP contribution is -2.41. The average molecular weight is 403 g/mol. The van der Waals surface area contributed by atoms with E-state index < -0.39 is 20.9 Å². The van der Waals surface area contributed by atoms with Gasteiger partial charge in [-0.05, 0) is 50.1 Å². The topological polar surface area (TPSA) is 110 Å². The van der Waals surface area contributed by atoms with Gasteiger partial charge in [-0.15, -0.1) is 0 Å². The zero-order chi connectivity index (χ0) is 20.3. The number of nitro groups is 1. The van der Waals surface area contributed by atoms with Gasteiger partial charge < -0.3 is 5.32 Å². The number of non-ortho nitro benzene ring substituents is 1. The molecule has 0 radical (unpaired) electrons. The van der Waals surface area contributed by atoms with Crippen LogP contribution in [-0.2, 0) is 10.0 Å². The average Bonchev–Trinajstić information content (AvgIpc) is 2.68. The van der Waals surface area contributed by atoms with Crippen LogP contribution in [0.4, 0.5) is 11.4 Å². The first-order valence-electron chi connectivity index (χ1n) is 8.97. The molecule has 8 nitrogen and oxygen atoms in total. The molecule has 1 heterocycles. The third-order valence-electron chi connectivity index (χ3n) is 4.78. The molecule has 1 fully saturated rings. The van der Waals surface area contributed by atoms with E-state index in [-0.39, 0.29) is 27.9 Å². The number of benzene rings is 2. The molecule has 1 atom stereocenters. The predicted octanol–water partition coefficient (Wildman–Crippen LogP) is 3.41. The lowest BCUT2D eigenvalue weighted by molar-refractivity contribution is -0.384. The van der Waals surface area contributed by atoms with Gasteiger partial charge in [0.05, 0.1) is 9.82 Å². The highest BCUT2D eigenvalue weighted by Gasteiger charge is 2.30. The van der Waals surface area contributed by atoms with E-state index in [1.165, 1.54) is 46.8 Å². The molecule has 9 heteroatoms. The van der Waals surface area contributed by atoms with Gasteiger partial charge in [0, 0.05) is 36.0 Å². The number of carbonyl (C=O) groups is 1. The van der Waals surface area contributed by atoms with Crippen LogP contribution in [0, 0.1) is 10.1 Å². The third kappa shape index (κ3) is 4.20. The molecule has 1 aliphatic heterocycles. The Balaban J connectivity index is 1.76. The number of rotatable bonds is 5. The van der Waals surface area contributed by atoms with Gasteiger partial charge in [-0.25, -0.2) is 8.42 Å². The van der Waals surface area contributed by atoms with Crippen molar-refractivity contribution >= 4 is 27.3 Å². The predicted molar refractivity (Wildman–Crippen MR) is 105 cm³/mol. The highest BCUT2D eigenvalue weighted by Crippen LogP contribution is 2.25. The molecule has 0 bridgehead atoms. The minimum Gasteiger partial charge on any atom is -0.322 e. The smallest absolute Gasteiger partial charge is 0.271 e. The van der Waals surface area contributed by atoms with Crippen molar-refractivity contribution in [1.29, 1.82) is 0 Å². The van der Waals surface area contributed by atoms with E-state index in [4.69, 9.17) is 0 Å². The first-order valence-corrected chi connectivity index (χ1v) is 10.4. The van der Waals surface area contributed by atoms with E-state index >= 15 is 0 Å². The van der Waals surface area contributed by atoms with E-state index in [0.29, 0.717) is 6.54 Å². The molecular formula is C19H21N3O5S. The summed E-state index contributed by atoms with van der Waals surface area (Å²) in [6.07, 6.45) is 2.69. The Morgan fingerprint density at radius 2 is 1.89 bits per heavy atom. The van der Waals surface area contributed by atoms with Crippen LogP contribution in [0.1, 0.15) is 36.5 Å². The number of nitro benzene ring substituents is 1. The first-order chi connectivity index (χ1) is 13.3. The van der Waals surface area contributed by atoms with Crippen molar-refractivity contribution in [2.45, 2.75) is 37.1 Å². The molecular weight excluding hydrogens is 382 g/mol. The molecule has 1 saturated heterocycles. The second-order valence-corrected chi connectivity index (χ2v) is 8.64. The number of amides is 1. The highest BCUT2D eigenvalue weighted by atomic mass is 32.2. The Kier molecular flexibility index (Phi) is 5.76. The molecule has 148 valence electrons.